The van der Waals surface area contributed by atoms with E-state index in [4.69, 9.17) is 4.55 Å². The average molecular weight is 118 g/mol. The summed E-state index contributed by atoms with van der Waals surface area (Å²) in [6.45, 7) is 3.30. The van der Waals surface area contributed by atoms with Crippen LogP contribution < -0.4 is 0 Å². The summed E-state index contributed by atoms with van der Waals surface area (Å²) in [6, 6.07) is 0. The number of allylic oxidation sites excluding steroid dienone is 2. The first-order chi connectivity index (χ1) is 3.27. The van der Waals surface area contributed by atoms with Gasteiger partial charge in [-0.3, -0.25) is 0 Å². The lowest BCUT2D eigenvalue weighted by molar-refractivity contribution is 0.574. The monoisotopic (exact) mass is 118 g/mol. The quantitative estimate of drug-likeness (QED) is 0.432. The molecule has 0 rings (SSSR count). The fraction of sp³-hybridized carbons (Fsp3) is 0. The number of hydrogen-bond acceptors (Lipinski definition) is 1. The summed E-state index contributed by atoms with van der Waals surface area (Å²) < 4.78 is 17.8. The zero-order valence-corrected chi connectivity index (χ0v) is 4.52. The average Bonchev–Trinajstić information content (AvgIpc) is 1.61. The van der Waals surface area contributed by atoms with E-state index in [1.807, 2.05) is 0 Å². The third-order valence-corrected chi connectivity index (χ3v) is 0.721. The molecule has 0 aromatic heterocycles. The second-order valence-corrected chi connectivity index (χ2v) is 1.66. The van der Waals surface area contributed by atoms with E-state index in [9.17, 15) is 4.21 Å². The lowest BCUT2D eigenvalue weighted by Crippen LogP contribution is -1.73. The normalized spacial score (nSPS) is 14.4. The van der Waals surface area contributed by atoms with E-state index in [0.29, 0.717) is 0 Å². The van der Waals surface area contributed by atoms with Crippen molar-refractivity contribution >= 4 is 11.1 Å². The van der Waals surface area contributed by atoms with Crippen molar-refractivity contribution in [3.63, 3.8) is 0 Å². The molecule has 0 saturated carbocycles. The SMILES string of the molecule is C=C/C=C\S(=O)O. The summed E-state index contributed by atoms with van der Waals surface area (Å²) in [5.41, 5.74) is 0. The second-order valence-electron chi connectivity index (χ2n) is 0.840. The van der Waals surface area contributed by atoms with E-state index in [-0.39, 0.29) is 0 Å². The molecule has 0 aromatic carbocycles. The highest BCUT2D eigenvalue weighted by molar-refractivity contribution is 7.82. The van der Waals surface area contributed by atoms with Crippen LogP contribution in [0.15, 0.2) is 24.1 Å². The Bertz CT molecular complexity index is 106. The maximum Gasteiger partial charge on any atom is 0.178 e. The van der Waals surface area contributed by atoms with Gasteiger partial charge >= 0.3 is 0 Å². The molecule has 0 amide bonds. The van der Waals surface area contributed by atoms with Gasteiger partial charge in [-0.2, -0.15) is 0 Å². The Morgan fingerprint density at radius 3 is 2.43 bits per heavy atom. The van der Waals surface area contributed by atoms with Gasteiger partial charge in [-0.15, -0.1) is 0 Å². The molecule has 7 heavy (non-hydrogen) atoms. The minimum atomic E-state index is -1.82. The first kappa shape index (κ1) is 6.59. The Kier molecular flexibility index (Phi) is 3.55. The Morgan fingerprint density at radius 2 is 2.29 bits per heavy atom. The summed E-state index contributed by atoms with van der Waals surface area (Å²) in [7, 11) is 0. The smallest absolute Gasteiger partial charge is 0.178 e. The Hall–Kier alpha value is -0.410. The first-order valence-electron chi connectivity index (χ1n) is 1.66. The van der Waals surface area contributed by atoms with Crippen LogP contribution in [0.3, 0.4) is 0 Å². The van der Waals surface area contributed by atoms with E-state index in [1.54, 1.807) is 0 Å². The molecule has 0 fully saturated rings. The molecule has 0 radical (unpaired) electrons. The molecule has 40 valence electrons. The molecule has 1 atom stereocenters. The Labute approximate surface area is 44.8 Å². The second kappa shape index (κ2) is 3.77. The molecule has 0 aromatic rings. The standard InChI is InChI=1S/C4H6O2S/c1-2-3-4-7(5)6/h2-4H,1H2,(H,5,6)/b4-3-. The molecule has 0 aliphatic rings. The fourth-order valence-corrected chi connectivity index (χ4v) is 0.368. The van der Waals surface area contributed by atoms with Gasteiger partial charge in [0.15, 0.2) is 11.1 Å². The molecular formula is C4H6O2S. The molecule has 2 nitrogen and oxygen atoms in total. The predicted molar refractivity (Wildman–Crippen MR) is 30.1 cm³/mol. The van der Waals surface area contributed by atoms with Crippen LogP contribution in [-0.4, -0.2) is 8.76 Å². The summed E-state index contributed by atoms with van der Waals surface area (Å²) in [4.78, 5) is 0. The molecule has 0 heterocycles. The van der Waals surface area contributed by atoms with E-state index in [2.05, 4.69) is 6.58 Å². The van der Waals surface area contributed by atoms with Gasteiger partial charge in [0.1, 0.15) is 0 Å². The third-order valence-electron chi connectivity index (χ3n) is 0.331. The first-order valence-corrected chi connectivity index (χ1v) is 2.83. The summed E-state index contributed by atoms with van der Waals surface area (Å²) in [5.74, 6) is 0. The van der Waals surface area contributed by atoms with Gasteiger partial charge in [0, 0.05) is 5.41 Å². The molecule has 0 bridgehead atoms. The van der Waals surface area contributed by atoms with Crippen LogP contribution in [0, 0.1) is 0 Å². The van der Waals surface area contributed by atoms with Crippen LogP contribution in [0.4, 0.5) is 0 Å². The largest absolute Gasteiger partial charge is 0.303 e. The van der Waals surface area contributed by atoms with E-state index in [1.165, 1.54) is 12.2 Å². The van der Waals surface area contributed by atoms with Crippen molar-refractivity contribution in [1.82, 2.24) is 0 Å². The predicted octanol–water partition coefficient (Wildman–Crippen LogP) is 0.908. The van der Waals surface area contributed by atoms with Crippen LogP contribution in [0.2, 0.25) is 0 Å². The van der Waals surface area contributed by atoms with Crippen molar-refractivity contribution in [2.24, 2.45) is 0 Å². The molecule has 0 aliphatic heterocycles. The van der Waals surface area contributed by atoms with Gasteiger partial charge in [-0.25, -0.2) is 4.21 Å². The fourth-order valence-electron chi connectivity index (χ4n) is 0.123. The van der Waals surface area contributed by atoms with Crippen molar-refractivity contribution in [2.45, 2.75) is 0 Å². The van der Waals surface area contributed by atoms with Crippen LogP contribution in [0.5, 0.6) is 0 Å². The number of rotatable bonds is 2. The molecule has 0 aliphatic carbocycles. The summed E-state index contributed by atoms with van der Waals surface area (Å²) in [6.07, 6.45) is 2.85. The third kappa shape index (κ3) is 5.59. The summed E-state index contributed by atoms with van der Waals surface area (Å²) in [5, 5.41) is 1.13. The maximum atomic E-state index is 9.73. The molecule has 1 N–H and O–H groups in total. The molecular weight excluding hydrogens is 112 g/mol. The topological polar surface area (TPSA) is 37.3 Å². The van der Waals surface area contributed by atoms with Gasteiger partial charge in [0.25, 0.3) is 0 Å². The molecule has 3 heteroatoms. The minimum absolute atomic E-state index is 1.13. The van der Waals surface area contributed by atoms with E-state index in [0.717, 1.165) is 5.41 Å². The van der Waals surface area contributed by atoms with Crippen molar-refractivity contribution in [3.05, 3.63) is 24.1 Å². The van der Waals surface area contributed by atoms with Crippen LogP contribution in [0.25, 0.3) is 0 Å². The zero-order chi connectivity index (χ0) is 5.70. The van der Waals surface area contributed by atoms with Gasteiger partial charge in [0.05, 0.1) is 0 Å². The van der Waals surface area contributed by atoms with Gasteiger partial charge < -0.3 is 4.55 Å². The Morgan fingerprint density at radius 1 is 1.71 bits per heavy atom. The highest BCUT2D eigenvalue weighted by Gasteiger charge is 1.73. The van der Waals surface area contributed by atoms with Gasteiger partial charge in [-0.05, 0) is 0 Å². The van der Waals surface area contributed by atoms with E-state index >= 15 is 0 Å². The van der Waals surface area contributed by atoms with Crippen LogP contribution in [-0.2, 0) is 11.1 Å². The lowest BCUT2D eigenvalue weighted by Gasteiger charge is -1.71. The van der Waals surface area contributed by atoms with Crippen molar-refractivity contribution < 1.29 is 8.76 Å². The summed E-state index contributed by atoms with van der Waals surface area (Å²) >= 11 is -1.82. The van der Waals surface area contributed by atoms with Gasteiger partial charge in [0.2, 0.25) is 0 Å². The minimum Gasteiger partial charge on any atom is -0.303 e. The highest BCUT2D eigenvalue weighted by atomic mass is 32.2. The molecule has 1 unspecified atom stereocenters. The molecule has 0 spiro atoms. The Balaban J connectivity index is 3.46. The number of hydrogen-bond donors (Lipinski definition) is 1. The van der Waals surface area contributed by atoms with Crippen LogP contribution in [0.1, 0.15) is 0 Å². The molecule has 0 saturated heterocycles. The zero-order valence-electron chi connectivity index (χ0n) is 3.70. The van der Waals surface area contributed by atoms with Gasteiger partial charge in [-0.1, -0.05) is 18.7 Å². The maximum absolute atomic E-state index is 9.73. The lowest BCUT2D eigenvalue weighted by atomic mass is 10.6. The van der Waals surface area contributed by atoms with Crippen molar-refractivity contribution in [3.8, 4) is 0 Å². The van der Waals surface area contributed by atoms with E-state index < -0.39 is 11.1 Å². The highest BCUT2D eigenvalue weighted by Crippen LogP contribution is 1.75. The van der Waals surface area contributed by atoms with Crippen molar-refractivity contribution in [1.29, 1.82) is 0 Å². The van der Waals surface area contributed by atoms with Crippen molar-refractivity contribution in [2.75, 3.05) is 0 Å². The van der Waals surface area contributed by atoms with Crippen LogP contribution >= 0.6 is 0 Å².